The molecular weight excluding hydrogens is 478 g/mol. The van der Waals surface area contributed by atoms with Crippen molar-refractivity contribution in [3.63, 3.8) is 0 Å². The highest BCUT2D eigenvalue weighted by Gasteiger charge is 2.30. The lowest BCUT2D eigenvalue weighted by Crippen LogP contribution is -2.37. The molecule has 3 rings (SSSR count). The number of carbonyl (C=O) groups excluding carboxylic acids is 2. The molecule has 35 heavy (non-hydrogen) atoms. The van der Waals surface area contributed by atoms with Crippen molar-refractivity contribution in [1.29, 1.82) is 0 Å². The zero-order valence-corrected chi connectivity index (χ0v) is 19.2. The average Bonchev–Trinajstić information content (AvgIpc) is 2.82. The number of rotatable bonds is 8. The quantitative estimate of drug-likeness (QED) is 0.318. The molecule has 11 heteroatoms. The van der Waals surface area contributed by atoms with Gasteiger partial charge in [-0.05, 0) is 24.1 Å². The molecule has 0 radical (unpaired) electrons. The van der Waals surface area contributed by atoms with Gasteiger partial charge in [-0.2, -0.15) is 0 Å². The minimum atomic E-state index is -1.39. The Balaban J connectivity index is 2.12. The van der Waals surface area contributed by atoms with Gasteiger partial charge >= 0.3 is 5.97 Å². The molecule has 0 saturated carbocycles. The molecule has 0 aliphatic heterocycles. The van der Waals surface area contributed by atoms with E-state index in [0.29, 0.717) is 10.1 Å². The molecule has 5 N–H and O–H groups in total. The SMILES string of the molecule is CC(NC(=O)c1c(O)c(C(=O)NCC(=O)O)c(=O)n(Cc2ccccc2Cl)c1O)c1ccccc1. The Morgan fingerprint density at radius 3 is 2.23 bits per heavy atom. The summed E-state index contributed by atoms with van der Waals surface area (Å²) in [6.45, 7) is 0.496. The lowest BCUT2D eigenvalue weighted by molar-refractivity contribution is -0.135. The van der Waals surface area contributed by atoms with Crippen LogP contribution in [0.3, 0.4) is 0 Å². The highest BCUT2D eigenvalue weighted by molar-refractivity contribution is 6.31. The molecule has 0 aliphatic carbocycles. The van der Waals surface area contributed by atoms with Crippen LogP contribution in [0.2, 0.25) is 5.02 Å². The number of halogens is 1. The summed E-state index contributed by atoms with van der Waals surface area (Å²) in [6, 6.07) is 14.7. The molecule has 1 heterocycles. The smallest absolute Gasteiger partial charge is 0.322 e. The number of carboxylic acids is 1. The van der Waals surface area contributed by atoms with Gasteiger partial charge in [0.25, 0.3) is 17.4 Å². The normalized spacial score (nSPS) is 11.5. The maximum absolute atomic E-state index is 13.1. The Kier molecular flexibility index (Phi) is 7.77. The van der Waals surface area contributed by atoms with E-state index in [1.54, 1.807) is 61.5 Å². The van der Waals surface area contributed by atoms with Crippen LogP contribution in [0.25, 0.3) is 0 Å². The number of pyridine rings is 1. The Morgan fingerprint density at radius 1 is 0.971 bits per heavy atom. The molecule has 0 bridgehead atoms. The number of nitrogens with one attached hydrogen (secondary N) is 2. The predicted octanol–water partition coefficient (Wildman–Crippen LogP) is 2.27. The Labute approximate surface area is 204 Å². The predicted molar refractivity (Wildman–Crippen MR) is 127 cm³/mol. The zero-order chi connectivity index (χ0) is 25.7. The van der Waals surface area contributed by atoms with E-state index >= 15 is 0 Å². The van der Waals surface area contributed by atoms with Crippen molar-refractivity contribution >= 4 is 29.4 Å². The van der Waals surface area contributed by atoms with Crippen molar-refractivity contribution in [1.82, 2.24) is 15.2 Å². The number of aliphatic carboxylic acids is 1. The molecule has 1 atom stereocenters. The topological polar surface area (TPSA) is 158 Å². The second kappa shape index (κ2) is 10.7. The number of hydrogen-bond acceptors (Lipinski definition) is 6. The second-order valence-corrected chi connectivity index (χ2v) is 7.99. The maximum atomic E-state index is 13.1. The Morgan fingerprint density at radius 2 is 1.60 bits per heavy atom. The van der Waals surface area contributed by atoms with E-state index < -0.39 is 58.7 Å². The van der Waals surface area contributed by atoms with Gasteiger partial charge in [-0.3, -0.25) is 23.7 Å². The van der Waals surface area contributed by atoms with Gasteiger partial charge in [0, 0.05) is 5.02 Å². The van der Waals surface area contributed by atoms with Crippen molar-refractivity contribution in [2.45, 2.75) is 19.5 Å². The molecule has 2 amide bonds. The van der Waals surface area contributed by atoms with Crippen LogP contribution >= 0.6 is 11.6 Å². The molecule has 182 valence electrons. The fraction of sp³-hybridized carbons (Fsp3) is 0.167. The summed E-state index contributed by atoms with van der Waals surface area (Å²) in [6.07, 6.45) is 0. The third kappa shape index (κ3) is 5.61. The highest BCUT2D eigenvalue weighted by Crippen LogP contribution is 2.30. The van der Waals surface area contributed by atoms with Crippen LogP contribution in [0, 0.1) is 0 Å². The molecule has 0 aliphatic rings. The number of aromatic hydroxyl groups is 2. The molecule has 0 fully saturated rings. The number of hydrogen-bond donors (Lipinski definition) is 5. The van der Waals surface area contributed by atoms with Crippen LogP contribution in [0.1, 0.15) is 44.8 Å². The molecule has 10 nitrogen and oxygen atoms in total. The van der Waals surface area contributed by atoms with E-state index in [4.69, 9.17) is 16.7 Å². The van der Waals surface area contributed by atoms with Crippen molar-refractivity contribution in [2.24, 2.45) is 0 Å². The van der Waals surface area contributed by atoms with E-state index in [2.05, 4.69) is 5.32 Å². The fourth-order valence-electron chi connectivity index (χ4n) is 3.39. The number of amides is 2. The zero-order valence-electron chi connectivity index (χ0n) is 18.5. The van der Waals surface area contributed by atoms with Gasteiger partial charge in [-0.15, -0.1) is 0 Å². The molecule has 0 spiro atoms. The van der Waals surface area contributed by atoms with E-state index in [1.165, 1.54) is 0 Å². The molecule has 1 unspecified atom stereocenters. The third-order valence-electron chi connectivity index (χ3n) is 5.20. The average molecular weight is 500 g/mol. The molecule has 2 aromatic carbocycles. The third-order valence-corrected chi connectivity index (χ3v) is 5.57. The van der Waals surface area contributed by atoms with Crippen LogP contribution in [0.15, 0.2) is 59.4 Å². The monoisotopic (exact) mass is 499 g/mol. The molecular formula is C24H22ClN3O7. The van der Waals surface area contributed by atoms with E-state index in [0.717, 1.165) is 5.56 Å². The van der Waals surface area contributed by atoms with Gasteiger partial charge in [0.05, 0.1) is 12.6 Å². The number of nitrogens with zero attached hydrogens (tertiary/aromatic N) is 1. The highest BCUT2D eigenvalue weighted by atomic mass is 35.5. The summed E-state index contributed by atoms with van der Waals surface area (Å²) >= 11 is 6.17. The number of aromatic nitrogens is 1. The first-order valence-electron chi connectivity index (χ1n) is 10.4. The summed E-state index contributed by atoms with van der Waals surface area (Å²) in [7, 11) is 0. The fourth-order valence-corrected chi connectivity index (χ4v) is 3.59. The first-order chi connectivity index (χ1) is 16.6. The molecule has 1 aromatic heterocycles. The number of carbonyl (C=O) groups is 3. The number of benzene rings is 2. The first-order valence-corrected chi connectivity index (χ1v) is 10.8. The number of carboxylic acid groups (broad SMARTS) is 1. The summed E-state index contributed by atoms with van der Waals surface area (Å²) < 4.78 is 0.707. The van der Waals surface area contributed by atoms with Crippen molar-refractivity contribution in [3.05, 3.63) is 92.2 Å². The second-order valence-electron chi connectivity index (χ2n) is 7.59. The van der Waals surface area contributed by atoms with Crippen LogP contribution < -0.4 is 16.2 Å². The van der Waals surface area contributed by atoms with Gasteiger partial charge in [0.2, 0.25) is 5.88 Å². The minimum absolute atomic E-state index is 0.257. The summed E-state index contributed by atoms with van der Waals surface area (Å²) in [4.78, 5) is 49.6. The molecule has 3 aromatic rings. The van der Waals surface area contributed by atoms with Gasteiger partial charge in [-0.1, -0.05) is 60.1 Å². The van der Waals surface area contributed by atoms with E-state index in [-0.39, 0.29) is 11.6 Å². The minimum Gasteiger partial charge on any atom is -0.506 e. The summed E-state index contributed by atoms with van der Waals surface area (Å²) in [5, 5.41) is 35.3. The van der Waals surface area contributed by atoms with Crippen molar-refractivity contribution < 1.29 is 29.7 Å². The lowest BCUT2D eigenvalue weighted by Gasteiger charge is -2.19. The van der Waals surface area contributed by atoms with E-state index in [1.807, 2.05) is 5.32 Å². The van der Waals surface area contributed by atoms with E-state index in [9.17, 15) is 29.4 Å². The van der Waals surface area contributed by atoms with Crippen LogP contribution in [-0.2, 0) is 11.3 Å². The van der Waals surface area contributed by atoms with Crippen LogP contribution in [-0.4, -0.2) is 44.2 Å². The molecule has 0 saturated heterocycles. The van der Waals surface area contributed by atoms with Gasteiger partial charge in [-0.25, -0.2) is 0 Å². The first kappa shape index (κ1) is 25.3. The maximum Gasteiger partial charge on any atom is 0.322 e. The largest absolute Gasteiger partial charge is 0.506 e. The standard InChI is InChI=1S/C24H22ClN3O7/c1-13(14-7-3-2-4-8-14)27-22(33)19-20(31)18(21(32)26-11-17(29)30)23(34)28(24(19)35)12-15-9-5-6-10-16(15)25/h2-10,13,31,35H,11-12H2,1H3,(H,26,32)(H,27,33)(H,29,30). The Bertz CT molecular complexity index is 1340. The van der Waals surface area contributed by atoms with Gasteiger partial charge < -0.3 is 26.0 Å². The van der Waals surface area contributed by atoms with Crippen LogP contribution in [0.4, 0.5) is 0 Å². The van der Waals surface area contributed by atoms with Gasteiger partial charge in [0.15, 0.2) is 5.75 Å². The lowest BCUT2D eigenvalue weighted by atomic mass is 10.1. The van der Waals surface area contributed by atoms with Crippen molar-refractivity contribution in [2.75, 3.05) is 6.54 Å². The Hall–Kier alpha value is -4.31. The summed E-state index contributed by atoms with van der Waals surface area (Å²) in [5.74, 6) is -5.55. The van der Waals surface area contributed by atoms with Crippen molar-refractivity contribution in [3.8, 4) is 11.6 Å². The van der Waals surface area contributed by atoms with Gasteiger partial charge in [0.1, 0.15) is 17.7 Å². The summed E-state index contributed by atoms with van der Waals surface area (Å²) in [5.41, 5.74) is -1.65. The van der Waals surface area contributed by atoms with Crippen LogP contribution in [0.5, 0.6) is 11.6 Å².